The first-order chi connectivity index (χ1) is 11.2. The van der Waals surface area contributed by atoms with Gasteiger partial charge in [0, 0.05) is 23.2 Å². The van der Waals surface area contributed by atoms with Crippen LogP contribution in [0.25, 0.3) is 0 Å². The molecule has 126 valence electrons. The maximum atomic E-state index is 12.5. The molecular formula is C19H27ClN2O. The standard InChI is InChI=1S/C19H27ClN2O/c20-17-10-8-15(9-11-17)19(23)21-18-7-3-2-6-16(18)14-22-12-4-1-5-13-22/h8-11,16,18H,1-7,12-14H2,(H,21,23). The first-order valence-corrected chi connectivity index (χ1v) is 9.39. The van der Waals surface area contributed by atoms with Crippen LogP contribution in [0.15, 0.2) is 24.3 Å². The minimum Gasteiger partial charge on any atom is -0.349 e. The maximum Gasteiger partial charge on any atom is 0.251 e. The number of rotatable bonds is 4. The van der Waals surface area contributed by atoms with E-state index in [4.69, 9.17) is 11.6 Å². The molecule has 1 amide bonds. The molecule has 1 saturated heterocycles. The Balaban J connectivity index is 1.59. The largest absolute Gasteiger partial charge is 0.349 e. The molecule has 0 spiro atoms. The maximum absolute atomic E-state index is 12.5. The second kappa shape index (κ2) is 8.16. The number of halogens is 1. The van der Waals surface area contributed by atoms with Gasteiger partial charge in [0.1, 0.15) is 0 Å². The quantitative estimate of drug-likeness (QED) is 0.898. The van der Waals surface area contributed by atoms with E-state index in [1.807, 2.05) is 0 Å². The van der Waals surface area contributed by atoms with Gasteiger partial charge in [-0.3, -0.25) is 4.79 Å². The molecule has 23 heavy (non-hydrogen) atoms. The van der Waals surface area contributed by atoms with E-state index < -0.39 is 0 Å². The van der Waals surface area contributed by atoms with Gasteiger partial charge in [-0.05, 0) is 69.0 Å². The van der Waals surface area contributed by atoms with Crippen LogP contribution < -0.4 is 5.32 Å². The molecule has 1 aromatic rings. The smallest absolute Gasteiger partial charge is 0.251 e. The first kappa shape index (κ1) is 16.8. The highest BCUT2D eigenvalue weighted by Crippen LogP contribution is 2.26. The number of amides is 1. The lowest BCUT2D eigenvalue weighted by Crippen LogP contribution is -2.47. The summed E-state index contributed by atoms with van der Waals surface area (Å²) < 4.78 is 0. The Kier molecular flexibility index (Phi) is 5.96. The lowest BCUT2D eigenvalue weighted by molar-refractivity contribution is 0.0877. The summed E-state index contributed by atoms with van der Waals surface area (Å²) >= 11 is 5.90. The van der Waals surface area contributed by atoms with Crippen molar-refractivity contribution in [3.8, 4) is 0 Å². The van der Waals surface area contributed by atoms with Gasteiger partial charge >= 0.3 is 0 Å². The molecule has 1 N–H and O–H groups in total. The molecule has 4 heteroatoms. The predicted octanol–water partition coefficient (Wildman–Crippen LogP) is 4.11. The zero-order valence-corrected chi connectivity index (χ0v) is 14.5. The van der Waals surface area contributed by atoms with Gasteiger partial charge < -0.3 is 10.2 Å². The monoisotopic (exact) mass is 334 g/mol. The van der Waals surface area contributed by atoms with Crippen LogP contribution in [0, 0.1) is 5.92 Å². The highest BCUT2D eigenvalue weighted by molar-refractivity contribution is 6.30. The summed E-state index contributed by atoms with van der Waals surface area (Å²) in [5.41, 5.74) is 0.705. The topological polar surface area (TPSA) is 32.3 Å². The molecule has 0 aromatic heterocycles. The third kappa shape index (κ3) is 4.71. The van der Waals surface area contributed by atoms with Gasteiger partial charge in [-0.2, -0.15) is 0 Å². The van der Waals surface area contributed by atoms with E-state index in [2.05, 4.69) is 10.2 Å². The number of hydrogen-bond donors (Lipinski definition) is 1. The normalized spacial score (nSPS) is 26.0. The molecule has 2 fully saturated rings. The fraction of sp³-hybridized carbons (Fsp3) is 0.632. The summed E-state index contributed by atoms with van der Waals surface area (Å²) in [5.74, 6) is 0.635. The lowest BCUT2D eigenvalue weighted by Gasteiger charge is -2.37. The Morgan fingerprint density at radius 1 is 1.04 bits per heavy atom. The van der Waals surface area contributed by atoms with Crippen molar-refractivity contribution in [3.63, 3.8) is 0 Å². The van der Waals surface area contributed by atoms with Crippen LogP contribution in [-0.2, 0) is 0 Å². The molecule has 2 atom stereocenters. The van der Waals surface area contributed by atoms with Crippen molar-refractivity contribution in [1.29, 1.82) is 0 Å². The van der Waals surface area contributed by atoms with Crippen LogP contribution in [0.1, 0.15) is 55.3 Å². The van der Waals surface area contributed by atoms with Crippen molar-refractivity contribution in [3.05, 3.63) is 34.9 Å². The van der Waals surface area contributed by atoms with Gasteiger partial charge in [0.15, 0.2) is 0 Å². The average Bonchev–Trinajstić information content (AvgIpc) is 2.58. The van der Waals surface area contributed by atoms with Crippen molar-refractivity contribution >= 4 is 17.5 Å². The van der Waals surface area contributed by atoms with E-state index in [-0.39, 0.29) is 5.91 Å². The number of piperidine rings is 1. The van der Waals surface area contributed by atoms with Gasteiger partial charge in [0.05, 0.1) is 0 Å². The van der Waals surface area contributed by atoms with Crippen LogP contribution in [-0.4, -0.2) is 36.5 Å². The van der Waals surface area contributed by atoms with E-state index in [9.17, 15) is 4.79 Å². The first-order valence-electron chi connectivity index (χ1n) is 9.01. The van der Waals surface area contributed by atoms with Crippen molar-refractivity contribution in [2.24, 2.45) is 5.92 Å². The highest BCUT2D eigenvalue weighted by atomic mass is 35.5. The number of hydrogen-bond acceptors (Lipinski definition) is 2. The Hall–Kier alpha value is -1.06. The summed E-state index contributed by atoms with van der Waals surface area (Å²) in [6.45, 7) is 3.61. The minimum absolute atomic E-state index is 0.0391. The van der Waals surface area contributed by atoms with Crippen molar-refractivity contribution in [2.45, 2.75) is 51.0 Å². The second-order valence-electron chi connectivity index (χ2n) is 6.99. The van der Waals surface area contributed by atoms with Crippen LogP contribution in [0.5, 0.6) is 0 Å². The molecule has 1 aliphatic heterocycles. The average molecular weight is 335 g/mol. The molecule has 0 bridgehead atoms. The highest BCUT2D eigenvalue weighted by Gasteiger charge is 2.28. The molecule has 3 nitrogen and oxygen atoms in total. The molecule has 2 unspecified atom stereocenters. The fourth-order valence-electron chi connectivity index (χ4n) is 3.94. The molecule has 1 saturated carbocycles. The summed E-state index contributed by atoms with van der Waals surface area (Å²) in [6.07, 6.45) is 8.90. The van der Waals surface area contributed by atoms with Crippen molar-refractivity contribution in [1.82, 2.24) is 10.2 Å². The molecular weight excluding hydrogens is 308 g/mol. The third-order valence-corrected chi connectivity index (χ3v) is 5.53. The molecule has 0 radical (unpaired) electrons. The summed E-state index contributed by atoms with van der Waals surface area (Å²) in [6, 6.07) is 7.49. The number of nitrogens with zero attached hydrogens (tertiary/aromatic N) is 1. The summed E-state index contributed by atoms with van der Waals surface area (Å²) in [4.78, 5) is 15.1. The van der Waals surface area contributed by atoms with Crippen LogP contribution in [0.3, 0.4) is 0 Å². The lowest BCUT2D eigenvalue weighted by atomic mass is 9.83. The number of nitrogens with one attached hydrogen (secondary N) is 1. The van der Waals surface area contributed by atoms with E-state index in [0.29, 0.717) is 22.5 Å². The molecule has 3 rings (SSSR count). The van der Waals surface area contributed by atoms with Crippen LogP contribution in [0.4, 0.5) is 0 Å². The Morgan fingerprint density at radius 3 is 2.48 bits per heavy atom. The molecule has 1 aliphatic carbocycles. The molecule has 2 aliphatic rings. The van der Waals surface area contributed by atoms with Crippen molar-refractivity contribution in [2.75, 3.05) is 19.6 Å². The van der Waals surface area contributed by atoms with Crippen LogP contribution in [0.2, 0.25) is 5.02 Å². The predicted molar refractivity (Wildman–Crippen MR) is 95.0 cm³/mol. The zero-order chi connectivity index (χ0) is 16.1. The van der Waals surface area contributed by atoms with Crippen LogP contribution >= 0.6 is 11.6 Å². The van der Waals surface area contributed by atoms with E-state index in [1.165, 1.54) is 51.6 Å². The fourth-order valence-corrected chi connectivity index (χ4v) is 4.07. The number of likely N-dealkylation sites (tertiary alicyclic amines) is 1. The Morgan fingerprint density at radius 2 is 1.74 bits per heavy atom. The number of benzene rings is 1. The van der Waals surface area contributed by atoms with E-state index >= 15 is 0 Å². The number of carbonyl (C=O) groups excluding carboxylic acids is 1. The van der Waals surface area contributed by atoms with Crippen molar-refractivity contribution < 1.29 is 4.79 Å². The minimum atomic E-state index is 0.0391. The van der Waals surface area contributed by atoms with Gasteiger partial charge in [-0.1, -0.05) is 30.9 Å². The van der Waals surface area contributed by atoms with E-state index in [1.54, 1.807) is 24.3 Å². The summed E-state index contributed by atoms with van der Waals surface area (Å²) in [7, 11) is 0. The van der Waals surface area contributed by atoms with Gasteiger partial charge in [0.25, 0.3) is 5.91 Å². The van der Waals surface area contributed by atoms with Gasteiger partial charge in [0.2, 0.25) is 0 Å². The Bertz CT molecular complexity index is 511. The molecule has 1 heterocycles. The Labute approximate surface area is 144 Å². The summed E-state index contributed by atoms with van der Waals surface area (Å²) in [5, 5.41) is 3.95. The van der Waals surface area contributed by atoms with E-state index in [0.717, 1.165) is 13.0 Å². The third-order valence-electron chi connectivity index (χ3n) is 5.27. The van der Waals surface area contributed by atoms with Gasteiger partial charge in [-0.25, -0.2) is 0 Å². The second-order valence-corrected chi connectivity index (χ2v) is 7.43. The zero-order valence-electron chi connectivity index (χ0n) is 13.8. The SMILES string of the molecule is O=C(NC1CCCCC1CN1CCCCC1)c1ccc(Cl)cc1. The van der Waals surface area contributed by atoms with Gasteiger partial charge in [-0.15, -0.1) is 0 Å². The molecule has 1 aromatic carbocycles. The number of carbonyl (C=O) groups is 1.